The van der Waals surface area contributed by atoms with E-state index in [1.165, 1.54) is 5.56 Å². The summed E-state index contributed by atoms with van der Waals surface area (Å²) in [6.07, 6.45) is 5.01. The van der Waals surface area contributed by atoms with Crippen LogP contribution in [0.1, 0.15) is 25.1 Å². The molecule has 10 heavy (non-hydrogen) atoms. The van der Waals surface area contributed by atoms with Crippen molar-refractivity contribution in [2.75, 3.05) is 0 Å². The van der Waals surface area contributed by atoms with Gasteiger partial charge in [-0.1, -0.05) is 19.9 Å². The molecule has 0 aliphatic heterocycles. The summed E-state index contributed by atoms with van der Waals surface area (Å²) >= 11 is 0. The van der Waals surface area contributed by atoms with Gasteiger partial charge in [-0.05, 0) is 24.5 Å². The molecule has 0 saturated carbocycles. The van der Waals surface area contributed by atoms with Crippen molar-refractivity contribution in [3.05, 3.63) is 29.6 Å². The zero-order valence-corrected chi connectivity index (χ0v) is 6.52. The Kier molecular flexibility index (Phi) is 2.43. The Balaban J connectivity index is 2.80. The molecule has 1 aromatic rings. The zero-order chi connectivity index (χ0) is 7.40. The fourth-order valence-corrected chi connectivity index (χ4v) is 0.809. The number of pyridine rings is 1. The summed E-state index contributed by atoms with van der Waals surface area (Å²) in [5.74, 6) is 0. The number of nitrogens with zero attached hydrogens (tertiary/aromatic N) is 1. The Bertz CT molecular complexity index is 165. The molecule has 0 atom stereocenters. The van der Waals surface area contributed by atoms with Crippen LogP contribution in [-0.2, 0) is 12.8 Å². The molecule has 0 amide bonds. The van der Waals surface area contributed by atoms with E-state index in [1.54, 1.807) is 0 Å². The average molecular weight is 134 g/mol. The van der Waals surface area contributed by atoms with Gasteiger partial charge in [0.25, 0.3) is 0 Å². The highest BCUT2D eigenvalue weighted by molar-refractivity contribution is 5.12. The first-order chi connectivity index (χ1) is 4.86. The summed E-state index contributed by atoms with van der Waals surface area (Å²) in [5.41, 5.74) is 2.31. The van der Waals surface area contributed by atoms with Crippen LogP contribution < -0.4 is 0 Å². The SMILES string of the molecule is CCc1[c]nc(CC)cc1. The first kappa shape index (κ1) is 7.26. The largest absolute Gasteiger partial charge is 0.251 e. The highest BCUT2D eigenvalue weighted by atomic mass is 14.7. The van der Waals surface area contributed by atoms with Crippen LogP contribution in [0.15, 0.2) is 12.1 Å². The molecular weight excluding hydrogens is 122 g/mol. The maximum absolute atomic E-state index is 4.14. The van der Waals surface area contributed by atoms with E-state index in [0.717, 1.165) is 18.5 Å². The van der Waals surface area contributed by atoms with Crippen molar-refractivity contribution in [2.24, 2.45) is 0 Å². The molecule has 0 spiro atoms. The van der Waals surface area contributed by atoms with Crippen molar-refractivity contribution >= 4 is 0 Å². The molecule has 1 heteroatoms. The second-order valence-corrected chi connectivity index (χ2v) is 2.28. The van der Waals surface area contributed by atoms with Crippen LogP contribution in [0.25, 0.3) is 0 Å². The van der Waals surface area contributed by atoms with Crippen LogP contribution >= 0.6 is 0 Å². The molecular formula is C9H12N. The highest BCUT2D eigenvalue weighted by Crippen LogP contribution is 1.99. The van der Waals surface area contributed by atoms with Gasteiger partial charge in [0.15, 0.2) is 0 Å². The van der Waals surface area contributed by atoms with Crippen molar-refractivity contribution in [1.29, 1.82) is 0 Å². The van der Waals surface area contributed by atoms with E-state index in [2.05, 4.69) is 37.2 Å². The first-order valence-corrected chi connectivity index (χ1v) is 3.73. The summed E-state index contributed by atoms with van der Waals surface area (Å²) in [5, 5.41) is 0. The van der Waals surface area contributed by atoms with Gasteiger partial charge in [0.1, 0.15) is 0 Å². The zero-order valence-electron chi connectivity index (χ0n) is 6.52. The molecule has 1 radical (unpaired) electrons. The highest BCUT2D eigenvalue weighted by Gasteiger charge is 1.90. The summed E-state index contributed by atoms with van der Waals surface area (Å²) in [6.45, 7) is 4.21. The Morgan fingerprint density at radius 3 is 2.50 bits per heavy atom. The molecule has 0 aliphatic rings. The van der Waals surface area contributed by atoms with Crippen LogP contribution in [0.5, 0.6) is 0 Å². The quantitative estimate of drug-likeness (QED) is 0.603. The standard InChI is InChI=1S/C9H12N/c1-3-8-5-6-9(4-2)10-7-8/h5-6H,3-4H2,1-2H3. The number of rotatable bonds is 2. The molecule has 0 aromatic carbocycles. The number of aryl methyl sites for hydroxylation is 2. The van der Waals surface area contributed by atoms with Gasteiger partial charge in [0.2, 0.25) is 0 Å². The van der Waals surface area contributed by atoms with Gasteiger partial charge < -0.3 is 0 Å². The second kappa shape index (κ2) is 3.35. The lowest BCUT2D eigenvalue weighted by atomic mass is 10.2. The van der Waals surface area contributed by atoms with Crippen LogP contribution in [-0.4, -0.2) is 4.98 Å². The van der Waals surface area contributed by atoms with Crippen molar-refractivity contribution in [1.82, 2.24) is 4.98 Å². The molecule has 0 saturated heterocycles. The lowest BCUT2D eigenvalue weighted by Crippen LogP contribution is -1.88. The van der Waals surface area contributed by atoms with E-state index < -0.39 is 0 Å². The Morgan fingerprint density at radius 1 is 1.30 bits per heavy atom. The third-order valence-corrected chi connectivity index (χ3v) is 1.56. The third-order valence-electron chi connectivity index (χ3n) is 1.56. The van der Waals surface area contributed by atoms with Gasteiger partial charge >= 0.3 is 0 Å². The van der Waals surface area contributed by atoms with Crippen LogP contribution in [0, 0.1) is 6.20 Å². The predicted octanol–water partition coefficient (Wildman–Crippen LogP) is 2.01. The van der Waals surface area contributed by atoms with Gasteiger partial charge in [-0.25, -0.2) is 0 Å². The first-order valence-electron chi connectivity index (χ1n) is 3.73. The summed E-state index contributed by atoms with van der Waals surface area (Å²) in [4.78, 5) is 4.14. The van der Waals surface area contributed by atoms with Crippen molar-refractivity contribution in [3.63, 3.8) is 0 Å². The van der Waals surface area contributed by atoms with Crippen molar-refractivity contribution < 1.29 is 0 Å². The number of hydrogen-bond acceptors (Lipinski definition) is 1. The summed E-state index contributed by atoms with van der Waals surface area (Å²) < 4.78 is 0. The maximum Gasteiger partial charge on any atom is 0.0924 e. The summed E-state index contributed by atoms with van der Waals surface area (Å²) in [7, 11) is 0. The van der Waals surface area contributed by atoms with Gasteiger partial charge in [0.05, 0.1) is 6.20 Å². The Labute approximate surface area is 62.1 Å². The van der Waals surface area contributed by atoms with E-state index in [4.69, 9.17) is 0 Å². The van der Waals surface area contributed by atoms with Crippen molar-refractivity contribution in [3.8, 4) is 0 Å². The Hall–Kier alpha value is -0.850. The van der Waals surface area contributed by atoms with Crippen molar-refractivity contribution in [2.45, 2.75) is 26.7 Å². The molecule has 0 fully saturated rings. The molecule has 0 unspecified atom stereocenters. The van der Waals surface area contributed by atoms with E-state index in [0.29, 0.717) is 0 Å². The third kappa shape index (κ3) is 1.56. The minimum atomic E-state index is 1.00. The molecule has 0 aliphatic carbocycles. The molecule has 0 bridgehead atoms. The van der Waals surface area contributed by atoms with E-state index >= 15 is 0 Å². The molecule has 1 rings (SSSR count). The molecule has 1 heterocycles. The normalized spacial score (nSPS) is 9.80. The van der Waals surface area contributed by atoms with Gasteiger partial charge in [-0.2, -0.15) is 0 Å². The van der Waals surface area contributed by atoms with Crippen LogP contribution in [0.4, 0.5) is 0 Å². The lowest BCUT2D eigenvalue weighted by Gasteiger charge is -1.95. The molecule has 53 valence electrons. The van der Waals surface area contributed by atoms with Gasteiger partial charge in [-0.15, -0.1) is 0 Å². The molecule has 1 nitrogen and oxygen atoms in total. The van der Waals surface area contributed by atoms with E-state index in [9.17, 15) is 0 Å². The minimum absolute atomic E-state index is 1.00. The van der Waals surface area contributed by atoms with Gasteiger partial charge in [0, 0.05) is 5.69 Å². The fraction of sp³-hybridized carbons (Fsp3) is 0.444. The fourth-order valence-electron chi connectivity index (χ4n) is 0.809. The smallest absolute Gasteiger partial charge is 0.0924 e. The molecule has 1 aromatic heterocycles. The van der Waals surface area contributed by atoms with E-state index in [-0.39, 0.29) is 0 Å². The van der Waals surface area contributed by atoms with Crippen LogP contribution in [0.2, 0.25) is 0 Å². The lowest BCUT2D eigenvalue weighted by molar-refractivity contribution is 0.998. The Morgan fingerprint density at radius 2 is 2.10 bits per heavy atom. The van der Waals surface area contributed by atoms with E-state index in [1.807, 2.05) is 0 Å². The summed E-state index contributed by atoms with van der Waals surface area (Å²) in [6, 6.07) is 4.15. The predicted molar refractivity (Wildman–Crippen MR) is 41.8 cm³/mol. The second-order valence-electron chi connectivity index (χ2n) is 2.28. The average Bonchev–Trinajstić information content (AvgIpc) is 2.05. The monoisotopic (exact) mass is 134 g/mol. The molecule has 0 N–H and O–H groups in total. The topological polar surface area (TPSA) is 12.9 Å². The number of hydrogen-bond donors (Lipinski definition) is 0. The minimum Gasteiger partial charge on any atom is -0.251 e. The maximum atomic E-state index is 4.14. The van der Waals surface area contributed by atoms with Gasteiger partial charge in [-0.3, -0.25) is 4.98 Å². The number of aromatic nitrogens is 1. The van der Waals surface area contributed by atoms with Crippen LogP contribution in [0.3, 0.4) is 0 Å².